The average Bonchev–Trinajstić information content (AvgIpc) is 3.39. The topological polar surface area (TPSA) is 114 Å². The molecule has 41 heavy (non-hydrogen) atoms. The van der Waals surface area contributed by atoms with Gasteiger partial charge in [0.25, 0.3) is 0 Å². The lowest BCUT2D eigenvalue weighted by molar-refractivity contribution is -0.129. The summed E-state index contributed by atoms with van der Waals surface area (Å²) in [7, 11) is 2.06. The fourth-order valence-corrected chi connectivity index (χ4v) is 6.37. The van der Waals surface area contributed by atoms with Crippen molar-refractivity contribution < 1.29 is 19.2 Å². The zero-order valence-electron chi connectivity index (χ0n) is 25.1. The Morgan fingerprint density at radius 3 is 2.46 bits per heavy atom. The third-order valence-electron chi connectivity index (χ3n) is 8.64. The maximum Gasteiger partial charge on any atom is 0.229 e. The molecule has 2 aromatic heterocycles. The fourth-order valence-electron chi connectivity index (χ4n) is 6.37. The van der Waals surface area contributed by atoms with Gasteiger partial charge >= 0.3 is 0 Å². The van der Waals surface area contributed by atoms with Crippen LogP contribution in [0.1, 0.15) is 76.0 Å². The summed E-state index contributed by atoms with van der Waals surface area (Å²) in [6, 6.07) is 10.2. The summed E-state index contributed by atoms with van der Waals surface area (Å²) in [6.45, 7) is 13.1. The summed E-state index contributed by atoms with van der Waals surface area (Å²) < 4.78 is 11.0. The normalized spacial score (nSPS) is 19.5. The number of pyridine rings is 1. The van der Waals surface area contributed by atoms with Gasteiger partial charge in [0.05, 0.1) is 0 Å². The zero-order valence-corrected chi connectivity index (χ0v) is 25.1. The average molecular weight is 562 g/mol. The second-order valence-electron chi connectivity index (χ2n) is 13.1. The molecule has 1 aromatic carbocycles. The molecule has 0 spiro atoms. The number of benzene rings is 1. The van der Waals surface area contributed by atoms with Crippen LogP contribution >= 0.6 is 0 Å². The van der Waals surface area contributed by atoms with E-state index >= 15 is 0 Å². The van der Waals surface area contributed by atoms with Crippen molar-refractivity contribution in [3.05, 3.63) is 65.3 Å². The van der Waals surface area contributed by atoms with E-state index in [1.807, 2.05) is 32.0 Å². The third kappa shape index (κ3) is 5.94. The molecule has 2 fully saturated rings. The lowest BCUT2D eigenvalue weighted by Crippen LogP contribution is -2.63. The maximum atomic E-state index is 12.8. The SMILES string of the molecule is CC(C)c1ccc([C@](O)(c2cncc(-c3noc(CC(C)(C)NC(=O)C4CCOCC4)n3)c2)C2(C)CN(C)C2)cc1. The van der Waals surface area contributed by atoms with Crippen molar-refractivity contribution in [1.29, 1.82) is 0 Å². The lowest BCUT2D eigenvalue weighted by Gasteiger charge is -2.55. The van der Waals surface area contributed by atoms with Crippen LogP contribution in [0.4, 0.5) is 0 Å². The Bertz CT molecular complexity index is 1360. The Morgan fingerprint density at radius 2 is 1.83 bits per heavy atom. The second kappa shape index (κ2) is 11.3. The molecule has 0 unspecified atom stereocenters. The van der Waals surface area contributed by atoms with Gasteiger partial charge in [0.2, 0.25) is 17.6 Å². The number of amides is 1. The molecule has 1 atom stereocenters. The zero-order chi connectivity index (χ0) is 29.4. The largest absolute Gasteiger partial charge is 0.381 e. The van der Waals surface area contributed by atoms with Gasteiger partial charge in [-0.05, 0) is 56.8 Å². The number of hydrogen-bond donors (Lipinski definition) is 2. The van der Waals surface area contributed by atoms with Crippen molar-refractivity contribution in [2.75, 3.05) is 33.4 Å². The van der Waals surface area contributed by atoms with Gasteiger partial charge in [0, 0.05) is 73.1 Å². The molecule has 2 saturated heterocycles. The number of rotatable bonds is 9. The van der Waals surface area contributed by atoms with Crippen LogP contribution < -0.4 is 5.32 Å². The van der Waals surface area contributed by atoms with Gasteiger partial charge in [0.1, 0.15) is 5.60 Å². The smallest absolute Gasteiger partial charge is 0.229 e. The van der Waals surface area contributed by atoms with E-state index in [2.05, 4.69) is 65.3 Å². The van der Waals surface area contributed by atoms with Crippen molar-refractivity contribution in [2.45, 2.75) is 70.9 Å². The third-order valence-corrected chi connectivity index (χ3v) is 8.64. The van der Waals surface area contributed by atoms with Gasteiger partial charge < -0.3 is 24.6 Å². The van der Waals surface area contributed by atoms with Crippen LogP contribution in [0.15, 0.2) is 47.2 Å². The molecule has 0 bridgehead atoms. The van der Waals surface area contributed by atoms with Crippen LogP contribution in [0.2, 0.25) is 0 Å². The number of nitrogens with zero attached hydrogens (tertiary/aromatic N) is 4. The molecule has 0 aliphatic carbocycles. The van der Waals surface area contributed by atoms with E-state index in [9.17, 15) is 9.90 Å². The molecule has 9 heteroatoms. The first-order valence-electron chi connectivity index (χ1n) is 14.6. The Balaban J connectivity index is 1.39. The number of ether oxygens (including phenoxy) is 1. The van der Waals surface area contributed by atoms with Crippen LogP contribution in [0, 0.1) is 11.3 Å². The molecule has 4 heterocycles. The first-order valence-corrected chi connectivity index (χ1v) is 14.6. The van der Waals surface area contributed by atoms with E-state index in [1.54, 1.807) is 12.4 Å². The molecule has 9 nitrogen and oxygen atoms in total. The van der Waals surface area contributed by atoms with Crippen LogP contribution in [0.3, 0.4) is 0 Å². The van der Waals surface area contributed by atoms with Crippen molar-refractivity contribution >= 4 is 5.91 Å². The first kappa shape index (κ1) is 29.4. The number of aliphatic hydroxyl groups is 1. The highest BCUT2D eigenvalue weighted by molar-refractivity contribution is 5.79. The fraction of sp³-hybridized carbons (Fsp3) is 0.562. The predicted molar refractivity (Wildman–Crippen MR) is 156 cm³/mol. The summed E-state index contributed by atoms with van der Waals surface area (Å²) >= 11 is 0. The summed E-state index contributed by atoms with van der Waals surface area (Å²) in [5.41, 5.74) is 1.19. The van der Waals surface area contributed by atoms with Crippen LogP contribution in [0.25, 0.3) is 11.4 Å². The van der Waals surface area contributed by atoms with Gasteiger partial charge in [-0.25, -0.2) is 0 Å². The van der Waals surface area contributed by atoms with Crippen LogP contribution in [0.5, 0.6) is 0 Å². The highest BCUT2D eigenvalue weighted by atomic mass is 16.5. The minimum Gasteiger partial charge on any atom is -0.381 e. The maximum absolute atomic E-state index is 12.8. The number of likely N-dealkylation sites (tertiary alicyclic amines) is 1. The number of aromatic nitrogens is 3. The van der Waals surface area contributed by atoms with E-state index in [0.717, 1.165) is 31.5 Å². The van der Waals surface area contributed by atoms with Crippen molar-refractivity contribution in [1.82, 2.24) is 25.3 Å². The minimum atomic E-state index is -1.26. The van der Waals surface area contributed by atoms with E-state index < -0.39 is 16.6 Å². The summed E-state index contributed by atoms with van der Waals surface area (Å²) in [4.78, 5) is 24.1. The van der Waals surface area contributed by atoms with Gasteiger partial charge in [-0.1, -0.05) is 50.2 Å². The minimum absolute atomic E-state index is 0.0331. The van der Waals surface area contributed by atoms with Crippen LogP contribution in [-0.2, 0) is 21.6 Å². The number of carbonyl (C=O) groups excluding carboxylic acids is 1. The summed E-state index contributed by atoms with van der Waals surface area (Å²) in [5, 5.41) is 19.9. The van der Waals surface area contributed by atoms with Gasteiger partial charge in [-0.3, -0.25) is 9.78 Å². The molecule has 2 aliphatic heterocycles. The van der Waals surface area contributed by atoms with E-state index in [1.165, 1.54) is 5.56 Å². The van der Waals surface area contributed by atoms with E-state index in [4.69, 9.17) is 9.26 Å². The molecule has 5 rings (SSSR count). The predicted octanol–water partition coefficient (Wildman–Crippen LogP) is 4.31. The number of carbonyl (C=O) groups is 1. The van der Waals surface area contributed by atoms with E-state index in [0.29, 0.717) is 48.4 Å². The molecule has 1 amide bonds. The van der Waals surface area contributed by atoms with Crippen LogP contribution in [-0.4, -0.2) is 69.9 Å². The molecule has 2 N–H and O–H groups in total. The highest BCUT2D eigenvalue weighted by Gasteiger charge is 2.55. The Morgan fingerprint density at radius 1 is 1.15 bits per heavy atom. The van der Waals surface area contributed by atoms with E-state index in [-0.39, 0.29) is 11.8 Å². The molecule has 2 aliphatic rings. The van der Waals surface area contributed by atoms with Crippen molar-refractivity contribution in [2.24, 2.45) is 11.3 Å². The van der Waals surface area contributed by atoms with Gasteiger partial charge in [-0.2, -0.15) is 4.98 Å². The Labute approximate surface area is 242 Å². The quantitative estimate of drug-likeness (QED) is 0.398. The number of nitrogens with one attached hydrogen (secondary N) is 1. The van der Waals surface area contributed by atoms with Gasteiger partial charge in [0.15, 0.2) is 0 Å². The summed E-state index contributed by atoms with van der Waals surface area (Å²) in [6.07, 6.45) is 5.28. The molecular weight excluding hydrogens is 518 g/mol. The lowest BCUT2D eigenvalue weighted by atomic mass is 9.62. The number of hydrogen-bond acceptors (Lipinski definition) is 8. The Hall–Kier alpha value is -3.14. The van der Waals surface area contributed by atoms with Crippen molar-refractivity contribution in [3.8, 4) is 11.4 Å². The first-order chi connectivity index (χ1) is 19.4. The molecular formula is C32H43N5O4. The molecule has 0 radical (unpaired) electrons. The summed E-state index contributed by atoms with van der Waals surface area (Å²) in [5.74, 6) is 1.22. The molecule has 220 valence electrons. The highest BCUT2D eigenvalue weighted by Crippen LogP contribution is 2.50. The van der Waals surface area contributed by atoms with Gasteiger partial charge in [-0.15, -0.1) is 0 Å². The Kier molecular flexibility index (Phi) is 8.07. The standard InChI is InChI=1S/C32H43N5O4/c1-21(2)22-7-9-25(10-8-22)32(39,31(5)19-37(6)20-31)26-15-24(17-33-18-26)28-34-27(41-36-28)16-30(3,4)35-29(38)23-11-13-40-14-12-23/h7-10,15,17-18,21,23,39H,11-14,16,19-20H2,1-6H3,(H,35,38)/t32-/m0/s1. The monoisotopic (exact) mass is 561 g/mol. The molecule has 0 saturated carbocycles. The molecule has 3 aromatic rings. The van der Waals surface area contributed by atoms with Crippen molar-refractivity contribution in [3.63, 3.8) is 0 Å². The second-order valence-corrected chi connectivity index (χ2v) is 13.1.